The van der Waals surface area contributed by atoms with Gasteiger partial charge in [-0.1, -0.05) is 18.7 Å². The second-order valence-corrected chi connectivity index (χ2v) is 7.38. The van der Waals surface area contributed by atoms with Gasteiger partial charge in [0.05, 0.1) is 7.11 Å². The molecular weight excluding hydrogens is 304 g/mol. The summed E-state index contributed by atoms with van der Waals surface area (Å²) in [6, 6.07) is 0. The molecule has 0 radical (unpaired) electrons. The van der Waals surface area contributed by atoms with Gasteiger partial charge in [-0.3, -0.25) is 4.79 Å². The number of rotatable bonds is 4. The van der Waals surface area contributed by atoms with Crippen molar-refractivity contribution in [1.82, 2.24) is 9.97 Å². The van der Waals surface area contributed by atoms with Crippen LogP contribution in [0.25, 0.3) is 10.2 Å². The van der Waals surface area contributed by atoms with Crippen LogP contribution in [0.3, 0.4) is 0 Å². The number of nitrogens with zero attached hydrogens (tertiary/aromatic N) is 2. The Bertz CT molecular complexity index is 669. The smallest absolute Gasteiger partial charge is 0.319 e. The molecule has 0 unspecified atom stereocenters. The third-order valence-electron chi connectivity index (χ3n) is 3.81. The fourth-order valence-electron chi connectivity index (χ4n) is 2.71. The molecule has 0 aromatic carbocycles. The number of hydrogen-bond donors (Lipinski definition) is 0. The van der Waals surface area contributed by atoms with E-state index in [2.05, 4.69) is 9.97 Å². The summed E-state index contributed by atoms with van der Waals surface area (Å²) < 4.78 is 4.88. The highest BCUT2D eigenvalue weighted by Crippen LogP contribution is 2.40. The highest BCUT2D eigenvalue weighted by Gasteiger charge is 2.24. The fraction of sp³-hybridized carbons (Fsp3) is 0.533. The van der Waals surface area contributed by atoms with E-state index in [-0.39, 0.29) is 11.2 Å². The Morgan fingerprint density at radius 1 is 1.43 bits per heavy atom. The first-order valence-electron chi connectivity index (χ1n) is 7.24. The van der Waals surface area contributed by atoms with Crippen LogP contribution in [0.15, 0.2) is 11.4 Å². The van der Waals surface area contributed by atoms with Crippen molar-refractivity contribution in [1.29, 1.82) is 0 Å². The van der Waals surface area contributed by atoms with E-state index in [1.165, 1.54) is 47.5 Å². The minimum absolute atomic E-state index is 0.182. The van der Waals surface area contributed by atoms with E-state index in [1.807, 2.05) is 6.92 Å². The van der Waals surface area contributed by atoms with Crippen LogP contribution in [0, 0.1) is 0 Å². The minimum Gasteiger partial charge on any atom is -0.468 e. The van der Waals surface area contributed by atoms with E-state index < -0.39 is 0 Å². The van der Waals surface area contributed by atoms with Crippen LogP contribution in [0.2, 0.25) is 0 Å². The van der Waals surface area contributed by atoms with Crippen molar-refractivity contribution in [2.45, 2.75) is 49.3 Å². The summed E-state index contributed by atoms with van der Waals surface area (Å²) in [6.45, 7) is 2.00. The summed E-state index contributed by atoms with van der Waals surface area (Å²) in [6.07, 6.45) is 7.08. The van der Waals surface area contributed by atoms with Gasteiger partial charge in [0, 0.05) is 10.3 Å². The zero-order valence-electron chi connectivity index (χ0n) is 12.2. The quantitative estimate of drug-likeness (QED) is 0.489. The monoisotopic (exact) mass is 322 g/mol. The van der Waals surface area contributed by atoms with Gasteiger partial charge < -0.3 is 4.74 Å². The summed E-state index contributed by atoms with van der Waals surface area (Å²) in [4.78, 5) is 23.2. The molecule has 2 heterocycles. The molecule has 21 heavy (non-hydrogen) atoms. The zero-order valence-corrected chi connectivity index (χ0v) is 13.9. The van der Waals surface area contributed by atoms with Crippen LogP contribution in [0.1, 0.15) is 36.6 Å². The largest absolute Gasteiger partial charge is 0.468 e. The molecule has 1 aliphatic rings. The topological polar surface area (TPSA) is 52.1 Å². The van der Waals surface area contributed by atoms with Gasteiger partial charge in [0.2, 0.25) is 0 Å². The summed E-state index contributed by atoms with van der Waals surface area (Å²) >= 11 is 3.29. The molecule has 2 aromatic heterocycles. The van der Waals surface area contributed by atoms with Crippen molar-refractivity contribution in [3.63, 3.8) is 0 Å². The summed E-state index contributed by atoms with van der Waals surface area (Å²) in [5.74, 6) is -0.182. The van der Waals surface area contributed by atoms with Crippen molar-refractivity contribution >= 4 is 39.3 Å². The lowest BCUT2D eigenvalue weighted by Crippen LogP contribution is -2.17. The SMILES string of the molecule is CC[C@@H](Sc1ncnc2sc3c(c12)CCCC3)C(=O)OC. The number of hydrogen-bond acceptors (Lipinski definition) is 6. The molecule has 3 rings (SSSR count). The molecule has 0 aliphatic heterocycles. The van der Waals surface area contributed by atoms with Crippen LogP contribution in [-0.2, 0) is 22.4 Å². The average molecular weight is 322 g/mol. The lowest BCUT2D eigenvalue weighted by atomic mass is 9.97. The zero-order chi connectivity index (χ0) is 14.8. The number of methoxy groups -OCH3 is 1. The van der Waals surface area contributed by atoms with Crippen LogP contribution in [0.5, 0.6) is 0 Å². The molecule has 4 nitrogen and oxygen atoms in total. The van der Waals surface area contributed by atoms with Crippen molar-refractivity contribution in [2.24, 2.45) is 0 Å². The molecule has 112 valence electrons. The second-order valence-electron chi connectivity index (χ2n) is 5.11. The van der Waals surface area contributed by atoms with Crippen molar-refractivity contribution < 1.29 is 9.53 Å². The van der Waals surface area contributed by atoms with Gasteiger partial charge in [-0.2, -0.15) is 0 Å². The van der Waals surface area contributed by atoms with Gasteiger partial charge in [0.15, 0.2) is 0 Å². The summed E-state index contributed by atoms with van der Waals surface area (Å²) in [7, 11) is 1.44. The van der Waals surface area contributed by atoms with Gasteiger partial charge in [-0.25, -0.2) is 9.97 Å². The number of fused-ring (bicyclic) bond motifs is 3. The van der Waals surface area contributed by atoms with E-state index in [0.717, 1.165) is 29.1 Å². The Kier molecular flexibility index (Phi) is 4.45. The standard InChI is InChI=1S/C15H18N2O2S2/c1-3-10(15(18)19-2)20-13-12-9-6-4-5-7-11(9)21-14(12)17-8-16-13/h8,10H,3-7H2,1-2H3/t10-/m1/s1. The average Bonchev–Trinajstić information content (AvgIpc) is 2.91. The van der Waals surface area contributed by atoms with Crippen molar-refractivity contribution in [3.05, 3.63) is 16.8 Å². The molecule has 0 bridgehead atoms. The van der Waals surface area contributed by atoms with E-state index >= 15 is 0 Å². The molecule has 2 aromatic rings. The molecule has 0 N–H and O–H groups in total. The molecule has 1 aliphatic carbocycles. The fourth-order valence-corrected chi connectivity index (χ4v) is 5.08. The molecule has 0 saturated carbocycles. The lowest BCUT2D eigenvalue weighted by molar-refractivity contribution is -0.140. The number of thiophene rings is 1. The Labute approximate surface area is 132 Å². The first-order chi connectivity index (χ1) is 10.2. The Balaban J connectivity index is 2.02. The minimum atomic E-state index is -0.202. The van der Waals surface area contributed by atoms with Gasteiger partial charge in [-0.15, -0.1) is 11.3 Å². The van der Waals surface area contributed by atoms with Crippen LogP contribution in [0.4, 0.5) is 0 Å². The molecule has 0 spiro atoms. The van der Waals surface area contributed by atoms with Crippen molar-refractivity contribution in [3.8, 4) is 0 Å². The van der Waals surface area contributed by atoms with Gasteiger partial charge in [0.25, 0.3) is 0 Å². The number of carbonyl (C=O) groups is 1. The predicted molar refractivity (Wildman–Crippen MR) is 86.0 cm³/mol. The number of ether oxygens (including phenoxy) is 1. The second kappa shape index (κ2) is 6.32. The van der Waals surface area contributed by atoms with Gasteiger partial charge in [0.1, 0.15) is 21.4 Å². The predicted octanol–water partition coefficient (Wildman–Crippen LogP) is 3.61. The number of carbonyl (C=O) groups excluding carboxylic acids is 1. The van der Waals surface area contributed by atoms with E-state index in [4.69, 9.17) is 4.74 Å². The maximum Gasteiger partial charge on any atom is 0.319 e. The molecule has 0 amide bonds. The molecule has 1 atom stereocenters. The normalized spacial score (nSPS) is 15.7. The Morgan fingerprint density at radius 3 is 3.00 bits per heavy atom. The highest BCUT2D eigenvalue weighted by molar-refractivity contribution is 8.00. The molecule has 0 saturated heterocycles. The molecule has 0 fully saturated rings. The first kappa shape index (κ1) is 14.8. The molecular formula is C15H18N2O2S2. The Hall–Kier alpha value is -1.14. The third kappa shape index (κ3) is 2.79. The summed E-state index contributed by atoms with van der Waals surface area (Å²) in [5, 5.41) is 1.90. The maximum absolute atomic E-state index is 11.8. The maximum atomic E-state index is 11.8. The van der Waals surface area contributed by atoms with E-state index in [1.54, 1.807) is 17.7 Å². The number of thioether (sulfide) groups is 1. The number of esters is 1. The van der Waals surface area contributed by atoms with Gasteiger partial charge in [-0.05, 0) is 37.7 Å². The van der Waals surface area contributed by atoms with E-state index in [0.29, 0.717) is 0 Å². The molecule has 6 heteroatoms. The van der Waals surface area contributed by atoms with Crippen molar-refractivity contribution in [2.75, 3.05) is 7.11 Å². The van der Waals surface area contributed by atoms with Crippen LogP contribution in [-0.4, -0.2) is 28.3 Å². The van der Waals surface area contributed by atoms with Gasteiger partial charge >= 0.3 is 5.97 Å². The third-order valence-corrected chi connectivity index (χ3v) is 6.35. The Morgan fingerprint density at radius 2 is 2.24 bits per heavy atom. The number of aryl methyl sites for hydroxylation is 2. The highest BCUT2D eigenvalue weighted by atomic mass is 32.2. The van der Waals surface area contributed by atoms with Crippen LogP contribution < -0.4 is 0 Å². The van der Waals surface area contributed by atoms with E-state index in [9.17, 15) is 4.79 Å². The summed E-state index contributed by atoms with van der Waals surface area (Å²) in [5.41, 5.74) is 1.41. The number of aromatic nitrogens is 2. The lowest BCUT2D eigenvalue weighted by Gasteiger charge is -2.14. The first-order valence-corrected chi connectivity index (χ1v) is 8.94. The van der Waals surface area contributed by atoms with Crippen LogP contribution >= 0.6 is 23.1 Å².